The van der Waals surface area contributed by atoms with Crippen LogP contribution in [0.25, 0.3) is 10.8 Å². The van der Waals surface area contributed by atoms with Crippen LogP contribution in [0, 0.1) is 0 Å². The maximum absolute atomic E-state index is 12.2. The number of benzene rings is 3. The lowest BCUT2D eigenvalue weighted by molar-refractivity contribution is -0.123. The van der Waals surface area contributed by atoms with E-state index in [2.05, 4.69) is 36.5 Å². The Hall–Kier alpha value is -2.81. The number of carbonyl (C=O) groups is 1. The molecule has 3 aromatic carbocycles. The minimum atomic E-state index is -0.125. The number of ether oxygens (including phenoxy) is 1. The highest BCUT2D eigenvalue weighted by Gasteiger charge is 2.11. The molecule has 0 saturated heterocycles. The van der Waals surface area contributed by atoms with Crippen LogP contribution in [0.2, 0.25) is 0 Å². The smallest absolute Gasteiger partial charge is 0.258 e. The second-order valence-corrected chi connectivity index (χ2v) is 6.15. The molecule has 0 saturated carbocycles. The number of carbonyl (C=O) groups excluding carboxylic acids is 1. The number of amides is 1. The summed E-state index contributed by atoms with van der Waals surface area (Å²) in [5, 5.41) is 5.10. The SMILES string of the molecule is CCc1ccc([C@H](C)NC(=O)COc2cccc3ccccc23)cc1. The fourth-order valence-electron chi connectivity index (χ4n) is 2.87. The van der Waals surface area contributed by atoms with Crippen LogP contribution in [-0.2, 0) is 11.2 Å². The van der Waals surface area contributed by atoms with Gasteiger partial charge in [-0.25, -0.2) is 0 Å². The van der Waals surface area contributed by atoms with Gasteiger partial charge in [-0.3, -0.25) is 4.79 Å². The summed E-state index contributed by atoms with van der Waals surface area (Å²) in [5.41, 5.74) is 2.39. The molecule has 0 radical (unpaired) electrons. The van der Waals surface area contributed by atoms with Gasteiger partial charge in [-0.05, 0) is 35.9 Å². The molecule has 0 fully saturated rings. The average Bonchev–Trinajstić information content (AvgIpc) is 2.66. The molecule has 0 heterocycles. The first kappa shape index (κ1) is 17.0. The molecule has 3 aromatic rings. The van der Waals surface area contributed by atoms with Gasteiger partial charge in [0, 0.05) is 5.39 Å². The quantitative estimate of drug-likeness (QED) is 0.712. The molecule has 0 bridgehead atoms. The molecule has 0 unspecified atom stereocenters. The van der Waals surface area contributed by atoms with Crippen molar-refractivity contribution in [2.45, 2.75) is 26.3 Å². The summed E-state index contributed by atoms with van der Waals surface area (Å²) in [6.07, 6.45) is 1.01. The number of fused-ring (bicyclic) bond motifs is 1. The fourth-order valence-corrected chi connectivity index (χ4v) is 2.87. The van der Waals surface area contributed by atoms with Gasteiger partial charge in [-0.15, -0.1) is 0 Å². The van der Waals surface area contributed by atoms with E-state index in [0.29, 0.717) is 0 Å². The van der Waals surface area contributed by atoms with Gasteiger partial charge in [0.05, 0.1) is 6.04 Å². The van der Waals surface area contributed by atoms with E-state index in [1.165, 1.54) is 5.56 Å². The van der Waals surface area contributed by atoms with Gasteiger partial charge in [0.15, 0.2) is 6.61 Å². The van der Waals surface area contributed by atoms with Crippen LogP contribution in [0.4, 0.5) is 0 Å². The predicted octanol–water partition coefficient (Wildman–Crippen LogP) is 4.66. The highest BCUT2D eigenvalue weighted by molar-refractivity contribution is 5.88. The number of hydrogen-bond acceptors (Lipinski definition) is 2. The van der Waals surface area contributed by atoms with E-state index in [0.717, 1.165) is 28.5 Å². The first-order chi connectivity index (χ1) is 12.2. The molecular weight excluding hydrogens is 310 g/mol. The first-order valence-corrected chi connectivity index (χ1v) is 8.66. The molecular formula is C22H23NO2. The van der Waals surface area contributed by atoms with Gasteiger partial charge in [0.2, 0.25) is 0 Å². The van der Waals surface area contributed by atoms with E-state index in [1.54, 1.807) is 0 Å². The first-order valence-electron chi connectivity index (χ1n) is 8.66. The minimum absolute atomic E-state index is 0.00535. The van der Waals surface area contributed by atoms with Gasteiger partial charge in [-0.2, -0.15) is 0 Å². The predicted molar refractivity (Wildman–Crippen MR) is 102 cm³/mol. The third kappa shape index (κ3) is 4.18. The number of nitrogens with one attached hydrogen (secondary N) is 1. The Morgan fingerprint density at radius 3 is 2.48 bits per heavy atom. The molecule has 0 aliphatic heterocycles. The van der Waals surface area contributed by atoms with Crippen molar-refractivity contribution in [3.8, 4) is 5.75 Å². The Balaban J connectivity index is 1.60. The van der Waals surface area contributed by atoms with Crippen LogP contribution in [0.3, 0.4) is 0 Å². The van der Waals surface area contributed by atoms with Gasteiger partial charge in [0.1, 0.15) is 5.75 Å². The van der Waals surface area contributed by atoms with Gasteiger partial charge in [0.25, 0.3) is 5.91 Å². The van der Waals surface area contributed by atoms with Crippen LogP contribution in [0.1, 0.15) is 31.0 Å². The van der Waals surface area contributed by atoms with Crippen LogP contribution < -0.4 is 10.1 Å². The number of hydrogen-bond donors (Lipinski definition) is 1. The lowest BCUT2D eigenvalue weighted by atomic mass is 10.1. The Morgan fingerprint density at radius 2 is 1.72 bits per heavy atom. The summed E-state index contributed by atoms with van der Waals surface area (Å²) in [6.45, 7) is 4.12. The van der Waals surface area contributed by atoms with Crippen LogP contribution in [0.5, 0.6) is 5.75 Å². The van der Waals surface area contributed by atoms with E-state index in [4.69, 9.17) is 4.74 Å². The summed E-state index contributed by atoms with van der Waals surface area (Å²) in [5.74, 6) is 0.605. The van der Waals surface area contributed by atoms with Crippen molar-refractivity contribution in [2.75, 3.05) is 6.61 Å². The average molecular weight is 333 g/mol. The molecule has 3 nitrogen and oxygen atoms in total. The second-order valence-electron chi connectivity index (χ2n) is 6.15. The molecule has 25 heavy (non-hydrogen) atoms. The zero-order valence-corrected chi connectivity index (χ0v) is 14.7. The van der Waals surface area contributed by atoms with E-state index >= 15 is 0 Å². The van der Waals surface area contributed by atoms with Crippen molar-refractivity contribution in [2.24, 2.45) is 0 Å². The molecule has 0 spiro atoms. The Kier molecular flexibility index (Phi) is 5.34. The molecule has 0 aromatic heterocycles. The van der Waals surface area contributed by atoms with Crippen LogP contribution in [-0.4, -0.2) is 12.5 Å². The van der Waals surface area contributed by atoms with E-state index in [9.17, 15) is 4.79 Å². The zero-order chi connectivity index (χ0) is 17.6. The molecule has 1 N–H and O–H groups in total. The zero-order valence-electron chi connectivity index (χ0n) is 14.7. The van der Waals surface area contributed by atoms with Gasteiger partial charge < -0.3 is 10.1 Å². The topological polar surface area (TPSA) is 38.3 Å². The number of aryl methyl sites for hydroxylation is 1. The largest absolute Gasteiger partial charge is 0.483 e. The molecule has 1 amide bonds. The van der Waals surface area contributed by atoms with Gasteiger partial charge in [-0.1, -0.05) is 67.6 Å². The Morgan fingerprint density at radius 1 is 1.00 bits per heavy atom. The second kappa shape index (κ2) is 7.84. The molecule has 128 valence electrons. The summed E-state index contributed by atoms with van der Waals surface area (Å²) in [4.78, 5) is 12.2. The molecule has 1 atom stereocenters. The van der Waals surface area contributed by atoms with Crippen molar-refractivity contribution in [3.63, 3.8) is 0 Å². The van der Waals surface area contributed by atoms with E-state index in [1.807, 2.05) is 49.4 Å². The fraction of sp³-hybridized carbons (Fsp3) is 0.227. The lowest BCUT2D eigenvalue weighted by Crippen LogP contribution is -2.31. The molecule has 0 aliphatic carbocycles. The number of rotatable bonds is 6. The van der Waals surface area contributed by atoms with Crippen LogP contribution >= 0.6 is 0 Å². The third-order valence-corrected chi connectivity index (χ3v) is 4.37. The van der Waals surface area contributed by atoms with Crippen molar-refractivity contribution in [1.29, 1.82) is 0 Å². The summed E-state index contributed by atoms with van der Waals surface area (Å²) in [6, 6.07) is 22.1. The Labute approximate surface area is 148 Å². The van der Waals surface area contributed by atoms with E-state index in [-0.39, 0.29) is 18.6 Å². The standard InChI is InChI=1S/C22H23NO2/c1-3-17-11-13-18(14-12-17)16(2)23-22(24)15-25-21-10-6-8-19-7-4-5-9-20(19)21/h4-14,16H,3,15H2,1-2H3,(H,23,24)/t16-/m0/s1. The van der Waals surface area contributed by atoms with Gasteiger partial charge >= 0.3 is 0 Å². The lowest BCUT2D eigenvalue weighted by Gasteiger charge is -2.15. The summed E-state index contributed by atoms with van der Waals surface area (Å²) in [7, 11) is 0. The molecule has 3 rings (SSSR count). The normalized spacial score (nSPS) is 11.9. The van der Waals surface area contributed by atoms with Crippen molar-refractivity contribution in [3.05, 3.63) is 77.9 Å². The van der Waals surface area contributed by atoms with Crippen molar-refractivity contribution in [1.82, 2.24) is 5.32 Å². The van der Waals surface area contributed by atoms with Crippen molar-refractivity contribution >= 4 is 16.7 Å². The molecule has 0 aliphatic rings. The summed E-state index contributed by atoms with van der Waals surface area (Å²) < 4.78 is 5.74. The Bertz CT molecular complexity index is 850. The monoisotopic (exact) mass is 333 g/mol. The highest BCUT2D eigenvalue weighted by atomic mass is 16.5. The maximum Gasteiger partial charge on any atom is 0.258 e. The van der Waals surface area contributed by atoms with Crippen molar-refractivity contribution < 1.29 is 9.53 Å². The van der Waals surface area contributed by atoms with Crippen LogP contribution in [0.15, 0.2) is 66.7 Å². The van der Waals surface area contributed by atoms with E-state index < -0.39 is 0 Å². The molecule has 3 heteroatoms. The third-order valence-electron chi connectivity index (χ3n) is 4.37. The highest BCUT2D eigenvalue weighted by Crippen LogP contribution is 2.25. The maximum atomic E-state index is 12.2. The minimum Gasteiger partial charge on any atom is -0.483 e. The summed E-state index contributed by atoms with van der Waals surface area (Å²) >= 11 is 0.